The Bertz CT molecular complexity index is 473. The predicted molar refractivity (Wildman–Crippen MR) is 90.4 cm³/mol. The summed E-state index contributed by atoms with van der Waals surface area (Å²) in [6.07, 6.45) is 1.13. The zero-order valence-electron chi connectivity index (χ0n) is 13.9. The Morgan fingerprint density at radius 1 is 1.33 bits per heavy atom. The van der Waals surface area contributed by atoms with Crippen LogP contribution in [0.3, 0.4) is 0 Å². The van der Waals surface area contributed by atoms with Crippen LogP contribution in [-0.2, 0) is 4.79 Å². The summed E-state index contributed by atoms with van der Waals surface area (Å²) in [7, 11) is 0. The van der Waals surface area contributed by atoms with Crippen LogP contribution in [0, 0.1) is 12.8 Å². The van der Waals surface area contributed by atoms with Gasteiger partial charge < -0.3 is 11.1 Å². The summed E-state index contributed by atoms with van der Waals surface area (Å²) in [6.45, 7) is 12.2. The van der Waals surface area contributed by atoms with Crippen molar-refractivity contribution in [1.82, 2.24) is 4.90 Å². The second-order valence-electron chi connectivity index (χ2n) is 5.84. The molecular weight excluding hydrogens is 262 g/mol. The van der Waals surface area contributed by atoms with E-state index in [0.717, 1.165) is 30.8 Å². The summed E-state index contributed by atoms with van der Waals surface area (Å²) in [4.78, 5) is 14.7. The van der Waals surface area contributed by atoms with Gasteiger partial charge in [0.05, 0.1) is 6.04 Å². The molecule has 118 valence electrons. The number of benzene rings is 1. The van der Waals surface area contributed by atoms with Crippen LogP contribution in [0.2, 0.25) is 0 Å². The molecule has 0 aliphatic carbocycles. The summed E-state index contributed by atoms with van der Waals surface area (Å²) in [6, 6.07) is 5.40. The number of nitrogens with two attached hydrogens (primary N) is 1. The van der Waals surface area contributed by atoms with Crippen LogP contribution in [0.15, 0.2) is 18.2 Å². The molecule has 0 bridgehead atoms. The number of amides is 1. The minimum Gasteiger partial charge on any atom is -0.399 e. The molecule has 0 spiro atoms. The maximum atomic E-state index is 12.4. The summed E-state index contributed by atoms with van der Waals surface area (Å²) >= 11 is 0. The van der Waals surface area contributed by atoms with Gasteiger partial charge in [-0.15, -0.1) is 0 Å². The molecule has 4 heteroatoms. The van der Waals surface area contributed by atoms with Gasteiger partial charge in [-0.1, -0.05) is 27.2 Å². The lowest BCUT2D eigenvalue weighted by molar-refractivity contribution is -0.120. The minimum atomic E-state index is -0.138. The Morgan fingerprint density at radius 3 is 2.52 bits per heavy atom. The number of nitrogens with one attached hydrogen (secondary N) is 1. The van der Waals surface area contributed by atoms with Crippen molar-refractivity contribution in [2.75, 3.05) is 24.1 Å². The molecule has 0 radical (unpaired) electrons. The highest BCUT2D eigenvalue weighted by molar-refractivity contribution is 5.95. The van der Waals surface area contributed by atoms with Gasteiger partial charge in [-0.2, -0.15) is 0 Å². The smallest absolute Gasteiger partial charge is 0.241 e. The Morgan fingerprint density at radius 2 is 2.00 bits per heavy atom. The first kappa shape index (κ1) is 17.5. The number of rotatable bonds is 7. The fourth-order valence-electron chi connectivity index (χ4n) is 2.32. The van der Waals surface area contributed by atoms with Crippen LogP contribution in [0.5, 0.6) is 0 Å². The Hall–Kier alpha value is -1.55. The van der Waals surface area contributed by atoms with Crippen LogP contribution in [-0.4, -0.2) is 29.9 Å². The van der Waals surface area contributed by atoms with Crippen LogP contribution in [0.25, 0.3) is 0 Å². The number of hydrogen-bond donors (Lipinski definition) is 2. The maximum absolute atomic E-state index is 12.4. The lowest BCUT2D eigenvalue weighted by atomic mass is 10.1. The van der Waals surface area contributed by atoms with Crippen molar-refractivity contribution in [3.8, 4) is 0 Å². The summed E-state index contributed by atoms with van der Waals surface area (Å²) in [5.41, 5.74) is 8.27. The zero-order chi connectivity index (χ0) is 16.0. The molecule has 0 saturated carbocycles. The molecule has 2 unspecified atom stereocenters. The number of nitrogens with zero attached hydrogens (tertiary/aromatic N) is 1. The van der Waals surface area contributed by atoms with Gasteiger partial charge in [-0.3, -0.25) is 9.69 Å². The lowest BCUT2D eigenvalue weighted by Gasteiger charge is -2.29. The monoisotopic (exact) mass is 291 g/mol. The highest BCUT2D eigenvalue weighted by Crippen LogP contribution is 2.18. The van der Waals surface area contributed by atoms with Gasteiger partial charge in [-0.25, -0.2) is 0 Å². The van der Waals surface area contributed by atoms with E-state index in [0.29, 0.717) is 11.6 Å². The number of nitrogen functional groups attached to an aromatic ring is 1. The van der Waals surface area contributed by atoms with Gasteiger partial charge in [0.1, 0.15) is 0 Å². The molecular formula is C17H29N3O. The van der Waals surface area contributed by atoms with E-state index in [-0.39, 0.29) is 11.9 Å². The molecule has 21 heavy (non-hydrogen) atoms. The van der Waals surface area contributed by atoms with Crippen LogP contribution in [0.4, 0.5) is 11.4 Å². The van der Waals surface area contributed by atoms with E-state index in [4.69, 9.17) is 5.73 Å². The zero-order valence-corrected chi connectivity index (χ0v) is 13.9. The number of likely N-dealkylation sites (N-methyl/N-ethyl adjacent to an activating group) is 1. The SMILES string of the molecule is CCC(C)CN(CC)C(C)C(=O)Nc1ccc(N)cc1C. The average Bonchev–Trinajstić information content (AvgIpc) is 2.46. The van der Waals surface area contributed by atoms with Crippen molar-refractivity contribution in [1.29, 1.82) is 0 Å². The molecule has 4 nitrogen and oxygen atoms in total. The largest absolute Gasteiger partial charge is 0.399 e. The van der Waals surface area contributed by atoms with E-state index < -0.39 is 0 Å². The molecule has 0 aliphatic rings. The molecule has 1 amide bonds. The highest BCUT2D eigenvalue weighted by Gasteiger charge is 2.21. The van der Waals surface area contributed by atoms with Crippen molar-refractivity contribution in [3.63, 3.8) is 0 Å². The molecule has 0 aliphatic heterocycles. The number of carbonyl (C=O) groups is 1. The third kappa shape index (κ3) is 5.05. The van der Waals surface area contributed by atoms with Crippen molar-refractivity contribution in [2.45, 2.75) is 47.1 Å². The van der Waals surface area contributed by atoms with E-state index in [2.05, 4.69) is 31.0 Å². The third-order valence-electron chi connectivity index (χ3n) is 4.08. The average molecular weight is 291 g/mol. The van der Waals surface area contributed by atoms with E-state index >= 15 is 0 Å². The van der Waals surface area contributed by atoms with Gasteiger partial charge >= 0.3 is 0 Å². The fourth-order valence-corrected chi connectivity index (χ4v) is 2.32. The first-order valence-electron chi connectivity index (χ1n) is 7.80. The second-order valence-corrected chi connectivity index (χ2v) is 5.84. The quantitative estimate of drug-likeness (QED) is 0.758. The lowest BCUT2D eigenvalue weighted by Crippen LogP contribution is -2.44. The molecule has 0 aromatic heterocycles. The molecule has 3 N–H and O–H groups in total. The first-order valence-corrected chi connectivity index (χ1v) is 7.80. The van der Waals surface area contributed by atoms with Crippen molar-refractivity contribution in [2.24, 2.45) is 5.92 Å². The van der Waals surface area contributed by atoms with Gasteiger partial charge in [0.15, 0.2) is 0 Å². The van der Waals surface area contributed by atoms with E-state index in [1.54, 1.807) is 0 Å². The van der Waals surface area contributed by atoms with Gasteiger partial charge in [-0.05, 0) is 50.1 Å². The van der Waals surface area contributed by atoms with E-state index in [9.17, 15) is 4.79 Å². The Balaban J connectivity index is 2.72. The molecule has 1 rings (SSSR count). The van der Waals surface area contributed by atoms with E-state index in [1.165, 1.54) is 0 Å². The first-order chi connectivity index (χ1) is 9.88. The van der Waals surface area contributed by atoms with Crippen molar-refractivity contribution >= 4 is 17.3 Å². The highest BCUT2D eigenvalue weighted by atomic mass is 16.2. The van der Waals surface area contributed by atoms with E-state index in [1.807, 2.05) is 32.0 Å². The predicted octanol–water partition coefficient (Wildman–Crippen LogP) is 3.27. The van der Waals surface area contributed by atoms with Gasteiger partial charge in [0.25, 0.3) is 0 Å². The number of anilines is 2. The summed E-state index contributed by atoms with van der Waals surface area (Å²) in [5, 5.41) is 3.01. The molecule has 0 fully saturated rings. The molecule has 0 heterocycles. The topological polar surface area (TPSA) is 58.4 Å². The second kappa shape index (κ2) is 8.03. The normalized spacial score (nSPS) is 14.0. The van der Waals surface area contributed by atoms with Crippen molar-refractivity contribution < 1.29 is 4.79 Å². The summed E-state index contributed by atoms with van der Waals surface area (Å²) < 4.78 is 0. The fraction of sp³-hybridized carbons (Fsp3) is 0.588. The number of hydrogen-bond acceptors (Lipinski definition) is 3. The van der Waals surface area contributed by atoms with Crippen LogP contribution in [0.1, 0.15) is 39.7 Å². The van der Waals surface area contributed by atoms with Crippen LogP contribution >= 0.6 is 0 Å². The Kier molecular flexibility index (Phi) is 6.69. The van der Waals surface area contributed by atoms with Gasteiger partial charge in [0.2, 0.25) is 5.91 Å². The molecule has 2 atom stereocenters. The van der Waals surface area contributed by atoms with Crippen LogP contribution < -0.4 is 11.1 Å². The molecule has 1 aromatic rings. The standard InChI is InChI=1S/C17H29N3O/c1-6-12(3)11-20(7-2)14(5)17(21)19-16-9-8-15(18)10-13(16)4/h8-10,12,14H,6-7,11,18H2,1-5H3,(H,19,21). The maximum Gasteiger partial charge on any atom is 0.241 e. The summed E-state index contributed by atoms with van der Waals surface area (Å²) in [5.74, 6) is 0.631. The number of carbonyl (C=O) groups excluding carboxylic acids is 1. The minimum absolute atomic E-state index is 0.0352. The Labute approximate surface area is 128 Å². The third-order valence-corrected chi connectivity index (χ3v) is 4.08. The number of aryl methyl sites for hydroxylation is 1. The molecule has 0 saturated heterocycles. The van der Waals surface area contributed by atoms with Crippen molar-refractivity contribution in [3.05, 3.63) is 23.8 Å². The van der Waals surface area contributed by atoms with Gasteiger partial charge in [0, 0.05) is 17.9 Å². The molecule has 1 aromatic carbocycles.